The fourth-order valence-electron chi connectivity index (χ4n) is 4.43. The zero-order chi connectivity index (χ0) is 22.3. The van der Waals surface area contributed by atoms with Gasteiger partial charge in [-0.05, 0) is 61.1 Å². The zero-order valence-corrected chi connectivity index (χ0v) is 18.5. The Balaban J connectivity index is 1.33. The minimum atomic E-state index is -0.485. The van der Waals surface area contributed by atoms with Crippen LogP contribution in [0.15, 0.2) is 79.1 Å². The molecule has 5 nitrogen and oxygen atoms in total. The molecule has 1 amide bonds. The number of amides is 1. The molecule has 4 rings (SSSR count). The molecule has 0 radical (unpaired) electrons. The lowest BCUT2D eigenvalue weighted by Crippen LogP contribution is -2.35. The highest BCUT2D eigenvalue weighted by molar-refractivity contribution is 5.94. The minimum Gasteiger partial charge on any atom is -0.387 e. The number of aliphatic hydroxyl groups is 1. The normalized spacial score (nSPS) is 18.9. The first-order valence-corrected chi connectivity index (χ1v) is 11.4. The number of nitrogens with one attached hydrogen (secondary N) is 1. The van der Waals surface area contributed by atoms with Crippen molar-refractivity contribution in [3.63, 3.8) is 0 Å². The smallest absolute Gasteiger partial charge is 0.254 e. The van der Waals surface area contributed by atoms with E-state index in [2.05, 4.69) is 10.3 Å². The summed E-state index contributed by atoms with van der Waals surface area (Å²) >= 11 is 0. The molecule has 0 bridgehead atoms. The van der Waals surface area contributed by atoms with Gasteiger partial charge in [-0.15, -0.1) is 0 Å². The third-order valence-corrected chi connectivity index (χ3v) is 6.25. The molecule has 3 atom stereocenters. The number of carbonyl (C=O) groups is 1. The molecule has 1 aliphatic heterocycles. The quantitative estimate of drug-likeness (QED) is 0.565. The first-order chi connectivity index (χ1) is 15.6. The predicted octanol–water partition coefficient (Wildman–Crippen LogP) is 4.14. The minimum absolute atomic E-state index is 0.0351. The number of pyridine rings is 1. The van der Waals surface area contributed by atoms with Gasteiger partial charge < -0.3 is 15.3 Å². The van der Waals surface area contributed by atoms with Crippen LogP contribution in [0.4, 0.5) is 0 Å². The highest BCUT2D eigenvalue weighted by Crippen LogP contribution is 2.26. The molecule has 3 aromatic rings. The molecule has 0 spiro atoms. The lowest BCUT2D eigenvalue weighted by molar-refractivity contribution is 0.0752. The van der Waals surface area contributed by atoms with Crippen molar-refractivity contribution in [3.8, 4) is 0 Å². The van der Waals surface area contributed by atoms with E-state index < -0.39 is 6.10 Å². The van der Waals surface area contributed by atoms with E-state index in [9.17, 15) is 9.90 Å². The summed E-state index contributed by atoms with van der Waals surface area (Å²) in [6.07, 6.45) is 5.93. The summed E-state index contributed by atoms with van der Waals surface area (Å²) in [5, 5.41) is 14.3. The van der Waals surface area contributed by atoms with Crippen LogP contribution in [0.25, 0.3) is 0 Å². The zero-order valence-electron chi connectivity index (χ0n) is 18.5. The summed E-state index contributed by atoms with van der Waals surface area (Å²) in [5.74, 6) is 0.0351. The maximum atomic E-state index is 13.0. The Bertz CT molecular complexity index is 992. The number of benzene rings is 2. The molecule has 1 aliphatic rings. The van der Waals surface area contributed by atoms with E-state index in [-0.39, 0.29) is 11.9 Å². The largest absolute Gasteiger partial charge is 0.387 e. The highest BCUT2D eigenvalue weighted by Gasteiger charge is 2.29. The van der Waals surface area contributed by atoms with Gasteiger partial charge in [0.1, 0.15) is 0 Å². The molecule has 0 aliphatic carbocycles. The first kappa shape index (κ1) is 22.2. The summed E-state index contributed by atoms with van der Waals surface area (Å²) in [7, 11) is 0. The van der Waals surface area contributed by atoms with Gasteiger partial charge in [0.25, 0.3) is 5.91 Å². The maximum Gasteiger partial charge on any atom is 0.254 e. The lowest BCUT2D eigenvalue weighted by Gasteiger charge is -2.21. The number of aliphatic hydroxyl groups excluding tert-OH is 1. The Labute approximate surface area is 190 Å². The first-order valence-electron chi connectivity index (χ1n) is 11.4. The number of carbonyl (C=O) groups excluding carboxylic acids is 1. The molecular weight excluding hydrogens is 398 g/mol. The molecule has 0 saturated carbocycles. The van der Waals surface area contributed by atoms with E-state index in [0.29, 0.717) is 24.7 Å². The van der Waals surface area contributed by atoms with E-state index in [1.165, 1.54) is 5.56 Å². The third kappa shape index (κ3) is 5.42. The molecule has 1 fully saturated rings. The number of hydrogen-bond donors (Lipinski definition) is 2. The molecule has 2 N–H and O–H groups in total. The highest BCUT2D eigenvalue weighted by atomic mass is 16.3. The van der Waals surface area contributed by atoms with Crippen LogP contribution in [0.5, 0.6) is 0 Å². The van der Waals surface area contributed by atoms with Gasteiger partial charge in [0.2, 0.25) is 0 Å². The van der Waals surface area contributed by atoms with Crippen LogP contribution in [0.2, 0.25) is 0 Å². The van der Waals surface area contributed by atoms with Crippen molar-refractivity contribution in [3.05, 3.63) is 101 Å². The Morgan fingerprint density at radius 2 is 1.84 bits per heavy atom. The molecule has 2 aromatic carbocycles. The number of nitrogens with zero attached hydrogens (tertiary/aromatic N) is 2. The standard InChI is InChI=1S/C27H31N3O2/c1-2-30(19-21-7-6-16-28-18-21)27(32)23-12-10-20(11-13-23)17-24-14-15-25(29-24)26(31)22-8-4-3-5-9-22/h3-13,16,18,24-26,29,31H,2,14-15,17,19H2,1H3/t24-,25+,26+/m0/s1. The van der Waals surface area contributed by atoms with Gasteiger partial charge in [0.05, 0.1) is 6.10 Å². The number of hydrogen-bond acceptors (Lipinski definition) is 4. The average Bonchev–Trinajstić information content (AvgIpc) is 3.32. The van der Waals surface area contributed by atoms with E-state index in [0.717, 1.165) is 30.4 Å². The summed E-state index contributed by atoms with van der Waals surface area (Å²) < 4.78 is 0. The van der Waals surface area contributed by atoms with Crippen LogP contribution in [0, 0.1) is 0 Å². The van der Waals surface area contributed by atoms with E-state index >= 15 is 0 Å². The number of rotatable bonds is 8. The van der Waals surface area contributed by atoms with Gasteiger partial charge in [-0.3, -0.25) is 9.78 Å². The Morgan fingerprint density at radius 1 is 1.06 bits per heavy atom. The van der Waals surface area contributed by atoms with Gasteiger partial charge in [-0.1, -0.05) is 48.5 Å². The van der Waals surface area contributed by atoms with Crippen molar-refractivity contribution < 1.29 is 9.90 Å². The second kappa shape index (κ2) is 10.5. The monoisotopic (exact) mass is 429 g/mol. The Hall–Kier alpha value is -3.02. The van der Waals surface area contributed by atoms with Crippen molar-refractivity contribution >= 4 is 5.91 Å². The summed E-state index contributed by atoms with van der Waals surface area (Å²) in [5.41, 5.74) is 3.89. The van der Waals surface area contributed by atoms with Crippen molar-refractivity contribution in [1.82, 2.24) is 15.2 Å². The van der Waals surface area contributed by atoms with Crippen LogP contribution in [-0.2, 0) is 13.0 Å². The Kier molecular flexibility index (Phi) is 7.30. The maximum absolute atomic E-state index is 13.0. The van der Waals surface area contributed by atoms with E-state index in [4.69, 9.17) is 0 Å². The second-order valence-electron chi connectivity index (χ2n) is 8.48. The fraction of sp³-hybridized carbons (Fsp3) is 0.333. The second-order valence-corrected chi connectivity index (χ2v) is 8.48. The van der Waals surface area contributed by atoms with Gasteiger partial charge in [0.15, 0.2) is 0 Å². The van der Waals surface area contributed by atoms with Crippen molar-refractivity contribution in [2.75, 3.05) is 6.54 Å². The van der Waals surface area contributed by atoms with Crippen molar-refractivity contribution in [2.45, 2.75) is 50.9 Å². The van der Waals surface area contributed by atoms with Crippen LogP contribution >= 0.6 is 0 Å². The average molecular weight is 430 g/mol. The Morgan fingerprint density at radius 3 is 2.53 bits per heavy atom. The predicted molar refractivity (Wildman–Crippen MR) is 126 cm³/mol. The van der Waals surface area contributed by atoms with E-state index in [1.54, 1.807) is 12.4 Å². The summed E-state index contributed by atoms with van der Waals surface area (Å²) in [4.78, 5) is 18.9. The van der Waals surface area contributed by atoms with Crippen LogP contribution in [0.1, 0.15) is 52.9 Å². The van der Waals surface area contributed by atoms with E-state index in [1.807, 2.05) is 78.6 Å². The molecule has 1 aromatic heterocycles. The van der Waals surface area contributed by atoms with Gasteiger partial charge >= 0.3 is 0 Å². The van der Waals surface area contributed by atoms with Crippen LogP contribution in [-0.4, -0.2) is 39.5 Å². The molecule has 166 valence electrons. The van der Waals surface area contributed by atoms with Crippen molar-refractivity contribution in [1.29, 1.82) is 0 Å². The summed E-state index contributed by atoms with van der Waals surface area (Å²) in [6, 6.07) is 22.1. The molecule has 32 heavy (non-hydrogen) atoms. The summed E-state index contributed by atoms with van der Waals surface area (Å²) in [6.45, 7) is 3.20. The molecule has 2 heterocycles. The van der Waals surface area contributed by atoms with Crippen LogP contribution in [0.3, 0.4) is 0 Å². The molecule has 5 heteroatoms. The third-order valence-electron chi connectivity index (χ3n) is 6.25. The molecular formula is C27H31N3O2. The SMILES string of the molecule is CCN(Cc1cccnc1)C(=O)c1ccc(C[C@@H]2CC[C@H]([C@H](O)c3ccccc3)N2)cc1. The lowest BCUT2D eigenvalue weighted by atomic mass is 10.0. The fourth-order valence-corrected chi connectivity index (χ4v) is 4.43. The van der Waals surface area contributed by atoms with Gasteiger partial charge in [-0.2, -0.15) is 0 Å². The number of aromatic nitrogens is 1. The molecule has 0 unspecified atom stereocenters. The van der Waals surface area contributed by atoms with Gasteiger partial charge in [0, 0.05) is 43.1 Å². The van der Waals surface area contributed by atoms with Gasteiger partial charge in [-0.25, -0.2) is 0 Å². The van der Waals surface area contributed by atoms with Crippen molar-refractivity contribution in [2.24, 2.45) is 0 Å². The van der Waals surface area contributed by atoms with Crippen LogP contribution < -0.4 is 5.32 Å². The molecule has 1 saturated heterocycles. The topological polar surface area (TPSA) is 65.5 Å².